The van der Waals surface area contributed by atoms with Crippen molar-refractivity contribution in [3.05, 3.63) is 78.0 Å². The maximum Gasteiger partial charge on any atom is 0.257 e. The van der Waals surface area contributed by atoms with Crippen molar-refractivity contribution in [2.24, 2.45) is 0 Å². The average molecular weight is 445 g/mol. The van der Waals surface area contributed by atoms with Gasteiger partial charge in [0.2, 0.25) is 0 Å². The Morgan fingerprint density at radius 1 is 1.03 bits per heavy atom. The van der Waals surface area contributed by atoms with Crippen LogP contribution < -0.4 is 10.1 Å². The van der Waals surface area contributed by atoms with Crippen molar-refractivity contribution in [3.8, 4) is 5.75 Å². The highest BCUT2D eigenvalue weighted by Crippen LogP contribution is 2.17. The number of carbonyl (C=O) groups is 1. The van der Waals surface area contributed by atoms with Gasteiger partial charge in [0, 0.05) is 56.8 Å². The number of aromatic nitrogens is 4. The van der Waals surface area contributed by atoms with E-state index in [2.05, 4.69) is 60.3 Å². The van der Waals surface area contributed by atoms with E-state index >= 15 is 0 Å². The molecule has 0 fully saturated rings. The molecule has 0 atom stereocenters. The van der Waals surface area contributed by atoms with Crippen LogP contribution >= 0.6 is 0 Å². The van der Waals surface area contributed by atoms with Gasteiger partial charge in [-0.3, -0.25) is 9.69 Å². The highest BCUT2D eigenvalue weighted by Gasteiger charge is 2.19. The second-order valence-electron chi connectivity index (χ2n) is 8.29. The van der Waals surface area contributed by atoms with Crippen LogP contribution in [0.3, 0.4) is 0 Å². The Morgan fingerprint density at radius 3 is 2.76 bits per heavy atom. The summed E-state index contributed by atoms with van der Waals surface area (Å²) in [5.41, 5.74) is 2.41. The lowest BCUT2D eigenvalue weighted by atomic mass is 10.2. The molecule has 2 aromatic heterocycles. The molecule has 0 unspecified atom stereocenters. The SMILES string of the molecule is O=C(COc1ccccc1)NCCc1nnc2n1CCN(Cc1cc3ccccc3[nH]1)CC2. The highest BCUT2D eigenvalue weighted by atomic mass is 16.5. The molecule has 8 nitrogen and oxygen atoms in total. The number of aromatic amines is 1. The van der Waals surface area contributed by atoms with E-state index in [9.17, 15) is 4.79 Å². The number of nitrogens with zero attached hydrogens (tertiary/aromatic N) is 4. The topological polar surface area (TPSA) is 88.1 Å². The van der Waals surface area contributed by atoms with Gasteiger partial charge in [0.05, 0.1) is 0 Å². The van der Waals surface area contributed by atoms with Crippen LogP contribution in [-0.4, -0.2) is 56.8 Å². The van der Waals surface area contributed by atoms with Crippen LogP contribution in [0, 0.1) is 0 Å². The molecule has 8 heteroatoms. The molecule has 33 heavy (non-hydrogen) atoms. The second kappa shape index (κ2) is 9.87. The number of amides is 1. The van der Waals surface area contributed by atoms with Gasteiger partial charge in [-0.2, -0.15) is 0 Å². The standard InChI is InChI=1S/C25H28N6O2/c32-25(18-33-21-7-2-1-3-8-21)26-12-10-23-28-29-24-11-13-30(14-15-31(23)24)17-20-16-19-6-4-5-9-22(19)27-20/h1-9,16,27H,10-15,17-18H2,(H,26,32). The molecule has 4 aromatic rings. The molecule has 0 aliphatic carbocycles. The van der Waals surface area contributed by atoms with Gasteiger partial charge in [0.1, 0.15) is 17.4 Å². The number of H-pyrrole nitrogens is 1. The normalized spacial score (nSPS) is 14.1. The van der Waals surface area contributed by atoms with Crippen molar-refractivity contribution in [1.82, 2.24) is 30.0 Å². The first-order chi connectivity index (χ1) is 16.2. The van der Waals surface area contributed by atoms with Crippen LogP contribution in [0.15, 0.2) is 60.7 Å². The van der Waals surface area contributed by atoms with Crippen molar-refractivity contribution in [2.75, 3.05) is 26.2 Å². The van der Waals surface area contributed by atoms with Crippen molar-refractivity contribution in [2.45, 2.75) is 25.9 Å². The smallest absolute Gasteiger partial charge is 0.257 e. The first kappa shape index (κ1) is 21.2. The molecule has 5 rings (SSSR count). The van der Waals surface area contributed by atoms with E-state index < -0.39 is 0 Å². The summed E-state index contributed by atoms with van der Waals surface area (Å²) in [5.74, 6) is 2.48. The first-order valence-corrected chi connectivity index (χ1v) is 11.4. The number of rotatable bonds is 8. The van der Waals surface area contributed by atoms with Crippen LogP contribution in [0.5, 0.6) is 5.75 Å². The molecule has 0 bridgehead atoms. The molecule has 3 heterocycles. The number of benzene rings is 2. The zero-order valence-electron chi connectivity index (χ0n) is 18.5. The molecule has 1 aliphatic rings. The third kappa shape index (κ3) is 5.23. The maximum atomic E-state index is 12.1. The molecule has 2 aromatic carbocycles. The summed E-state index contributed by atoms with van der Waals surface area (Å²) in [5, 5.41) is 12.9. The lowest BCUT2D eigenvalue weighted by Crippen LogP contribution is -2.31. The lowest BCUT2D eigenvalue weighted by molar-refractivity contribution is -0.123. The van der Waals surface area contributed by atoms with Gasteiger partial charge in [-0.15, -0.1) is 10.2 Å². The van der Waals surface area contributed by atoms with E-state index in [1.54, 1.807) is 0 Å². The van der Waals surface area contributed by atoms with Crippen LogP contribution in [-0.2, 0) is 30.7 Å². The number of ether oxygens (including phenoxy) is 1. The van der Waals surface area contributed by atoms with E-state index in [0.717, 1.165) is 44.2 Å². The first-order valence-electron chi connectivity index (χ1n) is 11.4. The molecular formula is C25H28N6O2. The number of fused-ring (bicyclic) bond motifs is 2. The third-order valence-corrected chi connectivity index (χ3v) is 5.96. The predicted octanol–water partition coefficient (Wildman–Crippen LogP) is 2.56. The quantitative estimate of drug-likeness (QED) is 0.436. The summed E-state index contributed by atoms with van der Waals surface area (Å²) in [6.07, 6.45) is 1.51. The molecule has 0 spiro atoms. The van der Waals surface area contributed by atoms with E-state index in [1.807, 2.05) is 30.3 Å². The molecule has 2 N–H and O–H groups in total. The van der Waals surface area contributed by atoms with E-state index in [1.165, 1.54) is 16.6 Å². The summed E-state index contributed by atoms with van der Waals surface area (Å²) in [6, 6.07) is 19.9. The summed E-state index contributed by atoms with van der Waals surface area (Å²) in [7, 11) is 0. The Bertz CT molecular complexity index is 1180. The molecule has 0 saturated heterocycles. The van der Waals surface area contributed by atoms with Crippen LogP contribution in [0.2, 0.25) is 0 Å². The van der Waals surface area contributed by atoms with E-state index in [0.29, 0.717) is 18.7 Å². The van der Waals surface area contributed by atoms with Crippen LogP contribution in [0.4, 0.5) is 0 Å². The summed E-state index contributed by atoms with van der Waals surface area (Å²) >= 11 is 0. The van der Waals surface area contributed by atoms with Gasteiger partial charge < -0.3 is 19.6 Å². The zero-order valence-corrected chi connectivity index (χ0v) is 18.5. The van der Waals surface area contributed by atoms with E-state index in [-0.39, 0.29) is 12.5 Å². The minimum Gasteiger partial charge on any atom is -0.484 e. The number of nitrogens with one attached hydrogen (secondary N) is 2. The Morgan fingerprint density at radius 2 is 1.88 bits per heavy atom. The molecule has 1 aliphatic heterocycles. The largest absolute Gasteiger partial charge is 0.484 e. The molecular weight excluding hydrogens is 416 g/mol. The van der Waals surface area contributed by atoms with Crippen LogP contribution in [0.25, 0.3) is 10.9 Å². The average Bonchev–Trinajstić information content (AvgIpc) is 3.37. The maximum absolute atomic E-state index is 12.1. The Balaban J connectivity index is 1.11. The summed E-state index contributed by atoms with van der Waals surface area (Å²) < 4.78 is 7.70. The van der Waals surface area contributed by atoms with Crippen LogP contribution in [0.1, 0.15) is 17.3 Å². The number of para-hydroxylation sites is 2. The summed E-state index contributed by atoms with van der Waals surface area (Å²) in [6.45, 7) is 4.13. The molecule has 0 saturated carbocycles. The minimum atomic E-state index is -0.140. The zero-order chi connectivity index (χ0) is 22.5. The number of hydrogen-bond donors (Lipinski definition) is 2. The Labute approximate surface area is 192 Å². The van der Waals surface area contributed by atoms with Gasteiger partial charge in [-0.25, -0.2) is 0 Å². The fourth-order valence-electron chi connectivity index (χ4n) is 4.26. The monoisotopic (exact) mass is 444 g/mol. The van der Waals surface area contributed by atoms with Crippen molar-refractivity contribution >= 4 is 16.8 Å². The van der Waals surface area contributed by atoms with E-state index in [4.69, 9.17) is 4.74 Å². The summed E-state index contributed by atoms with van der Waals surface area (Å²) in [4.78, 5) is 18.1. The fourth-order valence-corrected chi connectivity index (χ4v) is 4.26. The Hall–Kier alpha value is -3.65. The van der Waals surface area contributed by atoms with Gasteiger partial charge in [0.25, 0.3) is 5.91 Å². The molecule has 0 radical (unpaired) electrons. The van der Waals surface area contributed by atoms with Gasteiger partial charge in [-0.1, -0.05) is 36.4 Å². The number of carbonyl (C=O) groups excluding carboxylic acids is 1. The third-order valence-electron chi connectivity index (χ3n) is 5.96. The molecule has 170 valence electrons. The highest BCUT2D eigenvalue weighted by molar-refractivity contribution is 5.80. The minimum absolute atomic E-state index is 0.00463. The fraction of sp³-hybridized carbons (Fsp3) is 0.320. The van der Waals surface area contributed by atoms with Gasteiger partial charge >= 0.3 is 0 Å². The van der Waals surface area contributed by atoms with Gasteiger partial charge in [-0.05, 0) is 29.7 Å². The van der Waals surface area contributed by atoms with Crippen molar-refractivity contribution in [1.29, 1.82) is 0 Å². The number of hydrogen-bond acceptors (Lipinski definition) is 5. The van der Waals surface area contributed by atoms with Gasteiger partial charge in [0.15, 0.2) is 6.61 Å². The van der Waals surface area contributed by atoms with Crippen molar-refractivity contribution in [3.63, 3.8) is 0 Å². The lowest BCUT2D eigenvalue weighted by Gasteiger charge is -2.18. The second-order valence-corrected chi connectivity index (χ2v) is 8.29. The van der Waals surface area contributed by atoms with Crippen molar-refractivity contribution < 1.29 is 9.53 Å². The molecule has 1 amide bonds. The Kier molecular flexibility index (Phi) is 6.34. The predicted molar refractivity (Wildman–Crippen MR) is 126 cm³/mol.